The highest BCUT2D eigenvalue weighted by molar-refractivity contribution is 7.89. The van der Waals surface area contributed by atoms with Gasteiger partial charge in [0.2, 0.25) is 10.0 Å². The minimum Gasteiger partial charge on any atom is -0.497 e. The Bertz CT molecular complexity index is 1040. The molecule has 0 saturated heterocycles. The van der Waals surface area contributed by atoms with Crippen LogP contribution in [0.5, 0.6) is 23.0 Å². The second-order valence-electron chi connectivity index (χ2n) is 5.90. The van der Waals surface area contributed by atoms with Crippen molar-refractivity contribution in [2.75, 3.05) is 14.2 Å². The molecule has 0 spiro atoms. The largest absolute Gasteiger partial charge is 0.497 e. The Kier molecular flexibility index (Phi) is 6.18. The zero-order valence-corrected chi connectivity index (χ0v) is 16.4. The summed E-state index contributed by atoms with van der Waals surface area (Å²) in [5, 5.41) is 0. The smallest absolute Gasteiger partial charge is 0.244 e. The van der Waals surface area contributed by atoms with Gasteiger partial charge in [-0.15, -0.1) is 0 Å². The molecule has 0 atom stereocenters. The second-order valence-corrected chi connectivity index (χ2v) is 7.64. The molecule has 0 amide bonds. The van der Waals surface area contributed by atoms with Gasteiger partial charge in [0.15, 0.2) is 0 Å². The molecule has 3 rings (SSSR count). The van der Waals surface area contributed by atoms with Gasteiger partial charge in [-0.3, -0.25) is 0 Å². The van der Waals surface area contributed by atoms with Crippen LogP contribution in [0.4, 0.5) is 0 Å². The highest BCUT2D eigenvalue weighted by Crippen LogP contribution is 2.28. The molecule has 6 nitrogen and oxygen atoms in total. The van der Waals surface area contributed by atoms with Crippen LogP contribution in [0.1, 0.15) is 5.56 Å². The summed E-state index contributed by atoms with van der Waals surface area (Å²) in [5.41, 5.74) is 0.763. The molecule has 0 aliphatic heterocycles. The van der Waals surface area contributed by atoms with Crippen LogP contribution in [0, 0.1) is 0 Å². The predicted molar refractivity (Wildman–Crippen MR) is 107 cm³/mol. The maximum Gasteiger partial charge on any atom is 0.244 e. The van der Waals surface area contributed by atoms with Crippen LogP contribution in [0.3, 0.4) is 0 Å². The van der Waals surface area contributed by atoms with Gasteiger partial charge >= 0.3 is 0 Å². The quantitative estimate of drug-likeness (QED) is 0.620. The Balaban J connectivity index is 1.75. The van der Waals surface area contributed by atoms with Crippen molar-refractivity contribution in [1.82, 2.24) is 4.72 Å². The van der Waals surface area contributed by atoms with E-state index in [9.17, 15) is 8.42 Å². The summed E-state index contributed by atoms with van der Waals surface area (Å²) < 4.78 is 44.2. The van der Waals surface area contributed by atoms with Crippen LogP contribution in [0.2, 0.25) is 0 Å². The predicted octanol–water partition coefficient (Wildman–Crippen LogP) is 3.97. The van der Waals surface area contributed by atoms with E-state index in [1.807, 2.05) is 48.5 Å². The number of hydrogen-bond donors (Lipinski definition) is 1. The SMILES string of the molecule is COc1ccc(OC)c(S(=O)(=O)NCc2cccc(Oc3ccccc3)c2)c1. The van der Waals surface area contributed by atoms with Crippen LogP contribution in [0.15, 0.2) is 77.7 Å². The van der Waals surface area contributed by atoms with Crippen molar-refractivity contribution >= 4 is 10.0 Å². The van der Waals surface area contributed by atoms with E-state index in [1.54, 1.807) is 18.2 Å². The maximum atomic E-state index is 12.8. The molecular formula is C21H21NO5S. The number of hydrogen-bond acceptors (Lipinski definition) is 5. The van der Waals surface area contributed by atoms with Crippen molar-refractivity contribution in [1.29, 1.82) is 0 Å². The Morgan fingerprint density at radius 1 is 0.786 bits per heavy atom. The molecule has 28 heavy (non-hydrogen) atoms. The summed E-state index contributed by atoms with van der Waals surface area (Å²) in [7, 11) is -0.903. The van der Waals surface area contributed by atoms with Gasteiger partial charge in [0.1, 0.15) is 27.9 Å². The molecule has 1 N–H and O–H groups in total. The third-order valence-corrected chi connectivity index (χ3v) is 5.43. The fourth-order valence-corrected chi connectivity index (χ4v) is 3.79. The lowest BCUT2D eigenvalue weighted by Crippen LogP contribution is -2.23. The molecule has 0 unspecified atom stereocenters. The normalized spacial score (nSPS) is 11.1. The van der Waals surface area contributed by atoms with Gasteiger partial charge in [-0.1, -0.05) is 30.3 Å². The van der Waals surface area contributed by atoms with Gasteiger partial charge in [-0.2, -0.15) is 0 Å². The molecule has 0 bridgehead atoms. The minimum atomic E-state index is -3.80. The fraction of sp³-hybridized carbons (Fsp3) is 0.143. The first-order chi connectivity index (χ1) is 13.5. The standard InChI is InChI=1S/C21H21NO5S/c1-25-18-11-12-20(26-2)21(14-18)28(23,24)22-15-16-7-6-10-19(13-16)27-17-8-4-3-5-9-17/h3-14,22H,15H2,1-2H3. The van der Waals surface area contributed by atoms with Gasteiger partial charge in [0, 0.05) is 12.6 Å². The molecule has 3 aromatic carbocycles. The zero-order chi connectivity index (χ0) is 20.0. The Morgan fingerprint density at radius 3 is 2.25 bits per heavy atom. The number of para-hydroxylation sites is 1. The number of nitrogens with one attached hydrogen (secondary N) is 1. The van der Waals surface area contributed by atoms with Crippen LogP contribution in [-0.2, 0) is 16.6 Å². The highest BCUT2D eigenvalue weighted by Gasteiger charge is 2.20. The Labute approximate surface area is 164 Å². The van der Waals surface area contributed by atoms with Gasteiger partial charge in [-0.25, -0.2) is 13.1 Å². The topological polar surface area (TPSA) is 73.9 Å². The molecule has 0 saturated carbocycles. The Morgan fingerprint density at radius 2 is 1.54 bits per heavy atom. The summed E-state index contributed by atoms with van der Waals surface area (Å²) in [6, 6.07) is 21.2. The first-order valence-corrected chi connectivity index (χ1v) is 10.0. The third kappa shape index (κ3) is 4.82. The number of rotatable bonds is 8. The molecule has 0 aliphatic carbocycles. The third-order valence-electron chi connectivity index (χ3n) is 4.00. The molecule has 0 aliphatic rings. The van der Waals surface area contributed by atoms with Crippen LogP contribution in [-0.4, -0.2) is 22.6 Å². The number of sulfonamides is 1. The minimum absolute atomic E-state index is 0.0195. The summed E-state index contributed by atoms with van der Waals surface area (Å²) in [5.74, 6) is 2.01. The number of benzene rings is 3. The molecular weight excluding hydrogens is 378 g/mol. The summed E-state index contributed by atoms with van der Waals surface area (Å²) in [6.45, 7) is 0.106. The summed E-state index contributed by atoms with van der Waals surface area (Å²) >= 11 is 0. The van der Waals surface area contributed by atoms with Crippen molar-refractivity contribution in [2.24, 2.45) is 0 Å². The molecule has 7 heteroatoms. The average Bonchev–Trinajstić information content (AvgIpc) is 2.73. The van der Waals surface area contributed by atoms with E-state index >= 15 is 0 Å². The molecule has 3 aromatic rings. The van der Waals surface area contributed by atoms with Crippen molar-refractivity contribution in [3.8, 4) is 23.0 Å². The van der Waals surface area contributed by atoms with Crippen LogP contribution < -0.4 is 18.9 Å². The van der Waals surface area contributed by atoms with Crippen LogP contribution >= 0.6 is 0 Å². The lowest BCUT2D eigenvalue weighted by atomic mass is 10.2. The van der Waals surface area contributed by atoms with Crippen LogP contribution in [0.25, 0.3) is 0 Å². The van der Waals surface area contributed by atoms with E-state index in [4.69, 9.17) is 14.2 Å². The van der Waals surface area contributed by atoms with Crippen molar-refractivity contribution < 1.29 is 22.6 Å². The highest BCUT2D eigenvalue weighted by atomic mass is 32.2. The lowest BCUT2D eigenvalue weighted by molar-refractivity contribution is 0.392. The van der Waals surface area contributed by atoms with Crippen molar-refractivity contribution in [3.05, 3.63) is 78.4 Å². The van der Waals surface area contributed by atoms with Gasteiger partial charge in [-0.05, 0) is 42.0 Å². The van der Waals surface area contributed by atoms with Gasteiger partial charge < -0.3 is 14.2 Å². The van der Waals surface area contributed by atoms with E-state index < -0.39 is 10.0 Å². The number of methoxy groups -OCH3 is 2. The molecule has 0 radical (unpaired) electrons. The second kappa shape index (κ2) is 8.77. The number of ether oxygens (including phenoxy) is 3. The van der Waals surface area contributed by atoms with Gasteiger partial charge in [0.05, 0.1) is 14.2 Å². The average molecular weight is 399 g/mol. The molecule has 0 heterocycles. The first-order valence-electron chi connectivity index (χ1n) is 8.55. The fourth-order valence-electron chi connectivity index (χ4n) is 2.59. The summed E-state index contributed by atoms with van der Waals surface area (Å²) in [4.78, 5) is 0.0195. The lowest BCUT2D eigenvalue weighted by Gasteiger charge is -2.13. The molecule has 0 fully saturated rings. The zero-order valence-electron chi connectivity index (χ0n) is 15.6. The molecule has 146 valence electrons. The van der Waals surface area contributed by atoms with Crippen molar-refractivity contribution in [3.63, 3.8) is 0 Å². The first kappa shape index (κ1) is 19.7. The monoisotopic (exact) mass is 399 g/mol. The maximum absolute atomic E-state index is 12.8. The van der Waals surface area contributed by atoms with E-state index in [2.05, 4.69) is 4.72 Å². The van der Waals surface area contributed by atoms with E-state index in [0.29, 0.717) is 17.2 Å². The molecule has 0 aromatic heterocycles. The summed E-state index contributed by atoms with van der Waals surface area (Å²) in [6.07, 6.45) is 0. The van der Waals surface area contributed by atoms with E-state index in [1.165, 1.54) is 20.3 Å². The van der Waals surface area contributed by atoms with E-state index in [0.717, 1.165) is 5.56 Å². The van der Waals surface area contributed by atoms with Crippen molar-refractivity contribution in [2.45, 2.75) is 11.4 Å². The van der Waals surface area contributed by atoms with Gasteiger partial charge in [0.25, 0.3) is 0 Å². The Hall–Kier alpha value is -3.03. The van der Waals surface area contributed by atoms with E-state index in [-0.39, 0.29) is 17.2 Å².